The van der Waals surface area contributed by atoms with Crippen molar-refractivity contribution in [2.24, 2.45) is 5.92 Å². The lowest BCUT2D eigenvalue weighted by atomic mass is 9.91. The van der Waals surface area contributed by atoms with Crippen LogP contribution in [0.25, 0.3) is 0 Å². The standard InChI is InChI=1S/C16H17NO3/c1-4-6-14(16(19)20-5-2)15(18)13-8-7-12(10-17)9-11(13)3/h4,7-9,14H,1,5-6H2,2-3H3. The summed E-state index contributed by atoms with van der Waals surface area (Å²) in [5.41, 5.74) is 1.59. The summed E-state index contributed by atoms with van der Waals surface area (Å²) in [6, 6.07) is 6.78. The number of Topliss-reactive ketones (excluding diaryl/α,β-unsaturated/α-hetero) is 1. The van der Waals surface area contributed by atoms with Gasteiger partial charge in [-0.25, -0.2) is 0 Å². The van der Waals surface area contributed by atoms with E-state index in [1.165, 1.54) is 6.08 Å². The van der Waals surface area contributed by atoms with Crippen molar-refractivity contribution in [1.82, 2.24) is 0 Å². The van der Waals surface area contributed by atoms with Crippen LogP contribution in [0.3, 0.4) is 0 Å². The molecule has 0 aliphatic heterocycles. The van der Waals surface area contributed by atoms with Gasteiger partial charge in [-0.05, 0) is 44.0 Å². The molecule has 1 aromatic carbocycles. The Morgan fingerprint density at radius 1 is 1.50 bits per heavy atom. The molecule has 0 aromatic heterocycles. The highest BCUT2D eigenvalue weighted by molar-refractivity contribution is 6.09. The second-order valence-electron chi connectivity index (χ2n) is 4.33. The molecule has 0 fully saturated rings. The summed E-state index contributed by atoms with van der Waals surface area (Å²) in [4.78, 5) is 24.3. The van der Waals surface area contributed by atoms with E-state index in [9.17, 15) is 9.59 Å². The second-order valence-corrected chi connectivity index (χ2v) is 4.33. The van der Waals surface area contributed by atoms with Crippen molar-refractivity contribution in [1.29, 1.82) is 5.26 Å². The van der Waals surface area contributed by atoms with Crippen LogP contribution in [0.2, 0.25) is 0 Å². The molecule has 0 radical (unpaired) electrons. The van der Waals surface area contributed by atoms with Gasteiger partial charge in [0.25, 0.3) is 0 Å². The van der Waals surface area contributed by atoms with Crippen molar-refractivity contribution in [3.8, 4) is 6.07 Å². The van der Waals surface area contributed by atoms with Gasteiger partial charge in [0.2, 0.25) is 0 Å². The SMILES string of the molecule is C=CCC(C(=O)OCC)C(=O)c1ccc(C#N)cc1C. The van der Waals surface area contributed by atoms with Gasteiger partial charge < -0.3 is 4.74 Å². The van der Waals surface area contributed by atoms with Gasteiger partial charge in [-0.3, -0.25) is 9.59 Å². The lowest BCUT2D eigenvalue weighted by Crippen LogP contribution is -2.26. The van der Waals surface area contributed by atoms with Crippen molar-refractivity contribution in [2.45, 2.75) is 20.3 Å². The van der Waals surface area contributed by atoms with Crippen LogP contribution in [0, 0.1) is 24.2 Å². The summed E-state index contributed by atoms with van der Waals surface area (Å²) >= 11 is 0. The van der Waals surface area contributed by atoms with E-state index in [2.05, 4.69) is 6.58 Å². The van der Waals surface area contributed by atoms with Crippen LogP contribution in [-0.4, -0.2) is 18.4 Å². The Morgan fingerprint density at radius 3 is 2.70 bits per heavy atom. The monoisotopic (exact) mass is 271 g/mol. The first-order valence-electron chi connectivity index (χ1n) is 6.37. The molecule has 104 valence electrons. The summed E-state index contributed by atoms with van der Waals surface area (Å²) in [7, 11) is 0. The highest BCUT2D eigenvalue weighted by atomic mass is 16.5. The number of hydrogen-bond donors (Lipinski definition) is 0. The van der Waals surface area contributed by atoms with Gasteiger partial charge in [0, 0.05) is 5.56 Å². The van der Waals surface area contributed by atoms with E-state index in [1.54, 1.807) is 32.0 Å². The third-order valence-corrected chi connectivity index (χ3v) is 2.91. The quantitative estimate of drug-likeness (QED) is 0.345. The fraction of sp³-hybridized carbons (Fsp3) is 0.312. The first-order valence-corrected chi connectivity index (χ1v) is 6.37. The number of ether oxygens (including phenoxy) is 1. The number of esters is 1. The molecule has 0 bridgehead atoms. The van der Waals surface area contributed by atoms with Gasteiger partial charge in [0.15, 0.2) is 5.78 Å². The van der Waals surface area contributed by atoms with E-state index in [-0.39, 0.29) is 18.8 Å². The first-order chi connectivity index (χ1) is 9.54. The van der Waals surface area contributed by atoms with Crippen LogP contribution in [0.1, 0.15) is 34.8 Å². The zero-order valence-corrected chi connectivity index (χ0v) is 11.7. The minimum Gasteiger partial charge on any atom is -0.465 e. The third kappa shape index (κ3) is 3.55. The maximum absolute atomic E-state index is 12.4. The lowest BCUT2D eigenvalue weighted by Gasteiger charge is -2.14. The minimum atomic E-state index is -0.876. The summed E-state index contributed by atoms with van der Waals surface area (Å²) in [5.74, 6) is -1.72. The van der Waals surface area contributed by atoms with Gasteiger partial charge >= 0.3 is 5.97 Å². The smallest absolute Gasteiger partial charge is 0.317 e. The van der Waals surface area contributed by atoms with E-state index >= 15 is 0 Å². The topological polar surface area (TPSA) is 67.2 Å². The van der Waals surface area contributed by atoms with Gasteiger partial charge in [-0.1, -0.05) is 6.08 Å². The van der Waals surface area contributed by atoms with Crippen molar-refractivity contribution in [3.05, 3.63) is 47.5 Å². The Hall–Kier alpha value is -2.41. The number of nitrogens with zero attached hydrogens (tertiary/aromatic N) is 1. The van der Waals surface area contributed by atoms with Crippen molar-refractivity contribution >= 4 is 11.8 Å². The number of ketones is 1. The highest BCUT2D eigenvalue weighted by Gasteiger charge is 2.28. The van der Waals surface area contributed by atoms with Crippen LogP contribution in [0.4, 0.5) is 0 Å². The van der Waals surface area contributed by atoms with Crippen LogP contribution in [0.5, 0.6) is 0 Å². The Labute approximate surface area is 118 Å². The molecular weight excluding hydrogens is 254 g/mol. The lowest BCUT2D eigenvalue weighted by molar-refractivity contribution is -0.146. The molecule has 0 spiro atoms. The summed E-state index contributed by atoms with van der Waals surface area (Å²) in [5, 5.41) is 8.82. The molecule has 4 nitrogen and oxygen atoms in total. The molecule has 0 amide bonds. The Balaban J connectivity index is 3.09. The van der Waals surface area contributed by atoms with Crippen LogP contribution in [0.15, 0.2) is 30.9 Å². The van der Waals surface area contributed by atoms with E-state index in [4.69, 9.17) is 10.00 Å². The average Bonchev–Trinajstić information content (AvgIpc) is 2.44. The van der Waals surface area contributed by atoms with E-state index < -0.39 is 11.9 Å². The largest absolute Gasteiger partial charge is 0.465 e. The first kappa shape index (κ1) is 15.6. The maximum Gasteiger partial charge on any atom is 0.317 e. The molecule has 20 heavy (non-hydrogen) atoms. The molecule has 0 aliphatic rings. The Kier molecular flexibility index (Phi) is 5.67. The fourth-order valence-corrected chi connectivity index (χ4v) is 1.92. The predicted molar refractivity (Wildman–Crippen MR) is 75.2 cm³/mol. The number of carbonyl (C=O) groups is 2. The molecule has 4 heteroatoms. The maximum atomic E-state index is 12.4. The fourth-order valence-electron chi connectivity index (χ4n) is 1.92. The van der Waals surface area contributed by atoms with E-state index in [0.29, 0.717) is 16.7 Å². The number of aryl methyl sites for hydroxylation is 1. The molecular formula is C16H17NO3. The normalized spacial score (nSPS) is 11.2. The molecule has 1 unspecified atom stereocenters. The number of hydrogen-bond acceptors (Lipinski definition) is 4. The molecule has 0 saturated carbocycles. The zero-order chi connectivity index (χ0) is 15.1. The summed E-state index contributed by atoms with van der Waals surface area (Å²) < 4.78 is 4.92. The molecule has 1 aromatic rings. The van der Waals surface area contributed by atoms with Gasteiger partial charge in [0.05, 0.1) is 18.2 Å². The van der Waals surface area contributed by atoms with Crippen molar-refractivity contribution in [3.63, 3.8) is 0 Å². The second kappa shape index (κ2) is 7.25. The highest BCUT2D eigenvalue weighted by Crippen LogP contribution is 2.19. The molecule has 0 N–H and O–H groups in total. The van der Waals surface area contributed by atoms with Gasteiger partial charge in [-0.2, -0.15) is 5.26 Å². The molecule has 0 aliphatic carbocycles. The van der Waals surface area contributed by atoms with Gasteiger partial charge in [0.1, 0.15) is 5.92 Å². The zero-order valence-electron chi connectivity index (χ0n) is 11.7. The molecule has 0 heterocycles. The Bertz CT molecular complexity index is 570. The molecule has 1 atom stereocenters. The van der Waals surface area contributed by atoms with E-state index in [0.717, 1.165) is 0 Å². The number of nitriles is 1. The summed E-state index contributed by atoms with van der Waals surface area (Å²) in [6.45, 7) is 7.23. The van der Waals surface area contributed by atoms with E-state index in [1.807, 2.05) is 6.07 Å². The molecule has 1 rings (SSSR count). The van der Waals surface area contributed by atoms with Gasteiger partial charge in [-0.15, -0.1) is 6.58 Å². The third-order valence-electron chi connectivity index (χ3n) is 2.91. The predicted octanol–water partition coefficient (Wildman–Crippen LogP) is 2.80. The average molecular weight is 271 g/mol. The number of benzene rings is 1. The Morgan fingerprint density at radius 2 is 2.20 bits per heavy atom. The van der Waals surface area contributed by atoms with Crippen LogP contribution >= 0.6 is 0 Å². The number of allylic oxidation sites excluding steroid dienone is 1. The van der Waals surface area contributed by atoms with Crippen LogP contribution in [-0.2, 0) is 9.53 Å². The number of rotatable bonds is 6. The van der Waals surface area contributed by atoms with Crippen LogP contribution < -0.4 is 0 Å². The number of carbonyl (C=O) groups excluding carboxylic acids is 2. The van der Waals surface area contributed by atoms with Crippen molar-refractivity contribution < 1.29 is 14.3 Å². The minimum absolute atomic E-state index is 0.228. The summed E-state index contributed by atoms with van der Waals surface area (Å²) in [6.07, 6.45) is 1.76. The molecule has 0 saturated heterocycles. The van der Waals surface area contributed by atoms with Crippen molar-refractivity contribution in [2.75, 3.05) is 6.61 Å².